The third kappa shape index (κ3) is 1.64. The molecule has 2 aliphatic rings. The van der Waals surface area contributed by atoms with Crippen LogP contribution in [0.2, 0.25) is 0 Å². The second-order valence-electron chi connectivity index (χ2n) is 4.18. The summed E-state index contributed by atoms with van der Waals surface area (Å²) in [5.74, 6) is -1.15. The molecule has 0 aliphatic carbocycles. The molecule has 2 heterocycles. The summed E-state index contributed by atoms with van der Waals surface area (Å²) >= 11 is 0. The Morgan fingerprint density at radius 2 is 1.94 bits per heavy atom. The highest BCUT2D eigenvalue weighted by atomic mass is 35.5. The average molecular weight is 280 g/mol. The Labute approximate surface area is 98.1 Å². The summed E-state index contributed by atoms with van der Waals surface area (Å²) in [6.45, 7) is -0.331. The molecule has 0 bridgehead atoms. The lowest BCUT2D eigenvalue weighted by atomic mass is 9.90. The third-order valence-electron chi connectivity index (χ3n) is 3.44. The quantitative estimate of drug-likeness (QED) is 0.723. The molecule has 0 amide bonds. The summed E-state index contributed by atoms with van der Waals surface area (Å²) in [4.78, 5) is 0. The monoisotopic (exact) mass is 279 g/mol. The van der Waals surface area contributed by atoms with Gasteiger partial charge in [0.25, 0.3) is 0 Å². The van der Waals surface area contributed by atoms with E-state index in [1.165, 1.54) is 0 Å². The lowest BCUT2D eigenvalue weighted by Gasteiger charge is -2.39. The minimum absolute atomic E-state index is 0. The van der Waals surface area contributed by atoms with Crippen LogP contribution < -0.4 is 5.32 Å². The Morgan fingerprint density at radius 3 is 2.44 bits per heavy atom. The molecule has 0 aromatic rings. The zero-order chi connectivity index (χ0) is 11.3. The maximum absolute atomic E-state index is 13.0. The smallest absolute Gasteiger partial charge is 0.314 e. The largest absolute Gasteiger partial charge is 0.409 e. The van der Waals surface area contributed by atoms with E-state index in [1.54, 1.807) is 0 Å². The van der Waals surface area contributed by atoms with Crippen LogP contribution in [0, 0.1) is 5.92 Å². The Bertz CT molecular complexity index is 370. The van der Waals surface area contributed by atoms with Crippen LogP contribution in [-0.2, 0) is 9.84 Å². The van der Waals surface area contributed by atoms with E-state index in [4.69, 9.17) is 0 Å². The number of nitrogens with one attached hydrogen (secondary N) is 1. The van der Waals surface area contributed by atoms with E-state index >= 15 is 0 Å². The highest BCUT2D eigenvalue weighted by Crippen LogP contribution is 2.49. The average Bonchev–Trinajstić information content (AvgIpc) is 2.47. The maximum atomic E-state index is 13.0. The summed E-state index contributed by atoms with van der Waals surface area (Å²) in [6.07, 6.45) is -3.99. The van der Waals surface area contributed by atoms with Crippen LogP contribution in [0.25, 0.3) is 0 Å². The van der Waals surface area contributed by atoms with Gasteiger partial charge in [0.1, 0.15) is 0 Å². The molecule has 16 heavy (non-hydrogen) atoms. The van der Waals surface area contributed by atoms with Crippen LogP contribution >= 0.6 is 12.4 Å². The molecule has 0 saturated carbocycles. The molecule has 2 fully saturated rings. The Balaban J connectivity index is 0.00000128. The Morgan fingerprint density at radius 1 is 1.31 bits per heavy atom. The zero-order valence-electron chi connectivity index (χ0n) is 8.38. The van der Waals surface area contributed by atoms with Crippen LogP contribution in [0.1, 0.15) is 12.8 Å². The van der Waals surface area contributed by atoms with Gasteiger partial charge in [0.05, 0.1) is 5.75 Å². The third-order valence-corrected chi connectivity index (χ3v) is 6.08. The van der Waals surface area contributed by atoms with Crippen molar-refractivity contribution in [2.45, 2.75) is 23.8 Å². The van der Waals surface area contributed by atoms with Crippen LogP contribution in [0.4, 0.5) is 13.2 Å². The Kier molecular flexibility index (Phi) is 3.54. The SMILES string of the molecule is Cl.O=S1(=O)CCC[C@@H]2CNC[C@@]21C(F)(F)F. The topological polar surface area (TPSA) is 46.2 Å². The van der Waals surface area contributed by atoms with Crippen LogP contribution in [-0.4, -0.2) is 38.2 Å². The summed E-state index contributed by atoms with van der Waals surface area (Å²) in [7, 11) is -4.07. The predicted octanol–water partition coefficient (Wildman–Crippen LogP) is 1.14. The normalized spacial score (nSPS) is 37.6. The van der Waals surface area contributed by atoms with Crippen molar-refractivity contribution < 1.29 is 21.6 Å². The van der Waals surface area contributed by atoms with Crippen molar-refractivity contribution in [2.75, 3.05) is 18.8 Å². The van der Waals surface area contributed by atoms with Crippen LogP contribution in [0.3, 0.4) is 0 Å². The van der Waals surface area contributed by atoms with E-state index in [0.29, 0.717) is 12.8 Å². The van der Waals surface area contributed by atoms with Gasteiger partial charge in [0, 0.05) is 12.5 Å². The van der Waals surface area contributed by atoms with Crippen molar-refractivity contribution in [2.24, 2.45) is 5.92 Å². The van der Waals surface area contributed by atoms with Crippen molar-refractivity contribution in [1.82, 2.24) is 5.32 Å². The first-order valence-electron chi connectivity index (χ1n) is 4.81. The molecule has 0 radical (unpaired) electrons. The maximum Gasteiger partial charge on any atom is 0.409 e. The first kappa shape index (κ1) is 14.1. The van der Waals surface area contributed by atoms with Gasteiger partial charge in [-0.25, -0.2) is 8.42 Å². The lowest BCUT2D eigenvalue weighted by molar-refractivity contribution is -0.167. The number of hydrogen-bond donors (Lipinski definition) is 1. The van der Waals surface area contributed by atoms with Gasteiger partial charge in [-0.3, -0.25) is 0 Å². The molecule has 1 N–H and O–H groups in total. The number of sulfone groups is 1. The summed E-state index contributed by atoms with van der Waals surface area (Å²) in [6, 6.07) is 0. The standard InChI is InChI=1S/C8H12F3NO2S.ClH/c9-8(10,11)7-5-12-4-6(7)2-1-3-15(7,13)14;/h6,12H,1-5H2;1H/t6-,7+;/m1./s1. The number of halogens is 4. The van der Waals surface area contributed by atoms with Gasteiger partial charge in [-0.1, -0.05) is 0 Å². The Hall–Kier alpha value is -0.0100. The number of hydrogen-bond acceptors (Lipinski definition) is 3. The molecular formula is C8H13ClF3NO2S. The minimum Gasteiger partial charge on any atom is -0.314 e. The van der Waals surface area contributed by atoms with E-state index in [2.05, 4.69) is 5.32 Å². The lowest BCUT2D eigenvalue weighted by Crippen LogP contribution is -2.60. The molecule has 0 spiro atoms. The van der Waals surface area contributed by atoms with E-state index < -0.39 is 33.2 Å². The molecule has 0 unspecified atom stereocenters. The van der Waals surface area contributed by atoms with Gasteiger partial charge in [-0.15, -0.1) is 12.4 Å². The van der Waals surface area contributed by atoms with Crippen molar-refractivity contribution in [3.63, 3.8) is 0 Å². The summed E-state index contributed by atoms with van der Waals surface area (Å²) in [5, 5.41) is 2.57. The first-order chi connectivity index (χ1) is 6.81. The zero-order valence-corrected chi connectivity index (χ0v) is 10.0. The number of alkyl halides is 3. The van der Waals surface area contributed by atoms with Crippen LogP contribution in [0.15, 0.2) is 0 Å². The fraction of sp³-hybridized carbons (Fsp3) is 1.00. The number of fused-ring (bicyclic) bond motifs is 1. The van der Waals surface area contributed by atoms with E-state index in [0.717, 1.165) is 0 Å². The molecule has 8 heteroatoms. The predicted molar refractivity (Wildman–Crippen MR) is 55.4 cm³/mol. The molecular weight excluding hydrogens is 267 g/mol. The number of rotatable bonds is 0. The van der Waals surface area contributed by atoms with Crippen molar-refractivity contribution in [1.29, 1.82) is 0 Å². The van der Waals surface area contributed by atoms with Gasteiger partial charge in [-0.05, 0) is 19.4 Å². The molecule has 0 aromatic carbocycles. The van der Waals surface area contributed by atoms with E-state index in [9.17, 15) is 21.6 Å². The fourth-order valence-corrected chi connectivity index (χ4v) is 4.94. The van der Waals surface area contributed by atoms with E-state index in [-0.39, 0.29) is 24.7 Å². The van der Waals surface area contributed by atoms with Gasteiger partial charge in [0.2, 0.25) is 0 Å². The van der Waals surface area contributed by atoms with Crippen molar-refractivity contribution >= 4 is 22.2 Å². The highest BCUT2D eigenvalue weighted by molar-refractivity contribution is 7.93. The highest BCUT2D eigenvalue weighted by Gasteiger charge is 2.69. The van der Waals surface area contributed by atoms with Gasteiger partial charge in [-0.2, -0.15) is 13.2 Å². The van der Waals surface area contributed by atoms with Crippen molar-refractivity contribution in [3.05, 3.63) is 0 Å². The molecule has 2 aliphatic heterocycles. The second-order valence-corrected chi connectivity index (χ2v) is 6.54. The van der Waals surface area contributed by atoms with Crippen LogP contribution in [0.5, 0.6) is 0 Å². The summed E-state index contributed by atoms with van der Waals surface area (Å²) in [5.41, 5.74) is 0. The van der Waals surface area contributed by atoms with Gasteiger partial charge >= 0.3 is 6.18 Å². The summed E-state index contributed by atoms with van der Waals surface area (Å²) < 4.78 is 59.7. The van der Waals surface area contributed by atoms with Crippen molar-refractivity contribution in [3.8, 4) is 0 Å². The minimum atomic E-state index is -4.67. The molecule has 3 nitrogen and oxygen atoms in total. The fourth-order valence-electron chi connectivity index (χ4n) is 2.65. The first-order valence-corrected chi connectivity index (χ1v) is 6.46. The van der Waals surface area contributed by atoms with E-state index in [1.807, 2.05) is 0 Å². The molecule has 0 aromatic heterocycles. The van der Waals surface area contributed by atoms with Gasteiger partial charge < -0.3 is 5.32 Å². The van der Waals surface area contributed by atoms with Gasteiger partial charge in [0.15, 0.2) is 14.6 Å². The molecule has 2 rings (SSSR count). The second kappa shape index (κ2) is 4.03. The molecule has 2 atom stereocenters. The molecule has 2 saturated heterocycles. The molecule has 96 valence electrons.